The topological polar surface area (TPSA) is 103 Å². The number of ether oxygens (including phenoxy) is 3. The molecule has 8 nitrogen and oxygen atoms in total. The van der Waals surface area contributed by atoms with Crippen LogP contribution in [-0.4, -0.2) is 37.3 Å². The normalized spacial score (nSPS) is 15.8. The summed E-state index contributed by atoms with van der Waals surface area (Å²) in [4.78, 5) is 34.9. The number of carbonyl (C=O) groups is 3. The number of urea groups is 1. The molecule has 0 saturated heterocycles. The lowest BCUT2D eigenvalue weighted by Gasteiger charge is -2.12. The number of nitrogens with one attached hydrogen (secondary N) is 2. The zero-order chi connectivity index (χ0) is 18.4. The predicted octanol–water partition coefficient (Wildman–Crippen LogP) is 1.74. The molecule has 0 bridgehead atoms. The number of amides is 3. The second-order valence-electron chi connectivity index (χ2n) is 6.06. The Balaban J connectivity index is 1.39. The summed E-state index contributed by atoms with van der Waals surface area (Å²) in [6.07, 6.45) is 6.72. The van der Waals surface area contributed by atoms with Crippen molar-refractivity contribution in [2.24, 2.45) is 0 Å². The molecule has 26 heavy (non-hydrogen) atoms. The van der Waals surface area contributed by atoms with Gasteiger partial charge in [0.05, 0.1) is 0 Å². The van der Waals surface area contributed by atoms with E-state index in [4.69, 9.17) is 14.2 Å². The Morgan fingerprint density at radius 2 is 1.92 bits per heavy atom. The molecule has 0 radical (unpaired) electrons. The first-order chi connectivity index (χ1) is 12.6. The third-order valence-electron chi connectivity index (χ3n) is 4.10. The Morgan fingerprint density at radius 1 is 1.15 bits per heavy atom. The van der Waals surface area contributed by atoms with E-state index in [0.717, 1.165) is 31.2 Å². The van der Waals surface area contributed by atoms with Gasteiger partial charge in [0.1, 0.15) is 0 Å². The molecule has 1 aromatic rings. The van der Waals surface area contributed by atoms with E-state index in [1.165, 1.54) is 12.2 Å². The minimum absolute atomic E-state index is 0.106. The Labute approximate surface area is 150 Å². The van der Waals surface area contributed by atoms with Crippen LogP contribution in [0.3, 0.4) is 0 Å². The van der Waals surface area contributed by atoms with Crippen LogP contribution in [0.5, 0.6) is 11.5 Å². The van der Waals surface area contributed by atoms with Crippen LogP contribution in [0.4, 0.5) is 4.79 Å². The minimum atomic E-state index is -0.686. The molecule has 2 aliphatic rings. The molecule has 0 aromatic heterocycles. The van der Waals surface area contributed by atoms with Crippen LogP contribution < -0.4 is 20.1 Å². The first-order valence-corrected chi connectivity index (χ1v) is 8.45. The smallest absolute Gasteiger partial charge is 0.331 e. The maximum Gasteiger partial charge on any atom is 0.331 e. The van der Waals surface area contributed by atoms with Crippen molar-refractivity contribution in [1.29, 1.82) is 0 Å². The lowest BCUT2D eigenvalue weighted by molar-refractivity contribution is -0.143. The van der Waals surface area contributed by atoms with Crippen molar-refractivity contribution in [1.82, 2.24) is 10.6 Å². The number of hydrogen-bond donors (Lipinski definition) is 2. The van der Waals surface area contributed by atoms with Crippen LogP contribution in [0, 0.1) is 0 Å². The fourth-order valence-corrected chi connectivity index (χ4v) is 2.82. The SMILES string of the molecule is O=C(COC(=O)C=Cc1ccc2c(c1)OCO2)NC(=O)NC1CCCC1. The first-order valence-electron chi connectivity index (χ1n) is 8.45. The molecule has 1 fully saturated rings. The van der Waals surface area contributed by atoms with Crippen LogP contribution in [0.25, 0.3) is 6.08 Å². The fraction of sp³-hybridized carbons (Fsp3) is 0.389. The second kappa shape index (κ2) is 8.37. The fourth-order valence-electron chi connectivity index (χ4n) is 2.82. The quantitative estimate of drug-likeness (QED) is 0.612. The summed E-state index contributed by atoms with van der Waals surface area (Å²) in [5.74, 6) is -0.107. The molecule has 1 aliphatic carbocycles. The highest BCUT2D eigenvalue weighted by Crippen LogP contribution is 2.32. The Kier molecular flexibility index (Phi) is 5.73. The molecular formula is C18H20N2O6. The van der Waals surface area contributed by atoms with Gasteiger partial charge in [0.25, 0.3) is 5.91 Å². The molecule has 1 heterocycles. The Morgan fingerprint density at radius 3 is 2.73 bits per heavy atom. The number of fused-ring (bicyclic) bond motifs is 1. The minimum Gasteiger partial charge on any atom is -0.454 e. The molecule has 0 unspecified atom stereocenters. The van der Waals surface area contributed by atoms with Gasteiger partial charge in [-0.2, -0.15) is 0 Å². The van der Waals surface area contributed by atoms with Crippen molar-refractivity contribution in [3.63, 3.8) is 0 Å². The van der Waals surface area contributed by atoms with E-state index in [9.17, 15) is 14.4 Å². The molecule has 0 spiro atoms. The highest BCUT2D eigenvalue weighted by Gasteiger charge is 2.18. The number of hydrogen-bond acceptors (Lipinski definition) is 6. The largest absolute Gasteiger partial charge is 0.454 e. The molecule has 1 saturated carbocycles. The molecule has 1 aliphatic heterocycles. The van der Waals surface area contributed by atoms with Crippen LogP contribution in [-0.2, 0) is 14.3 Å². The zero-order valence-electron chi connectivity index (χ0n) is 14.2. The van der Waals surface area contributed by atoms with Crippen molar-refractivity contribution < 1.29 is 28.6 Å². The summed E-state index contributed by atoms with van der Waals surface area (Å²) in [6.45, 7) is -0.351. The highest BCUT2D eigenvalue weighted by atomic mass is 16.7. The zero-order valence-corrected chi connectivity index (χ0v) is 14.2. The van der Waals surface area contributed by atoms with E-state index in [2.05, 4.69) is 10.6 Å². The summed E-state index contributed by atoms with van der Waals surface area (Å²) in [7, 11) is 0. The van der Waals surface area contributed by atoms with Gasteiger partial charge in [-0.25, -0.2) is 9.59 Å². The highest BCUT2D eigenvalue weighted by molar-refractivity contribution is 5.96. The molecular weight excluding hydrogens is 340 g/mol. The van der Waals surface area contributed by atoms with E-state index in [-0.39, 0.29) is 12.8 Å². The van der Waals surface area contributed by atoms with Crippen molar-refractivity contribution in [2.75, 3.05) is 13.4 Å². The van der Waals surface area contributed by atoms with Gasteiger partial charge in [-0.1, -0.05) is 18.9 Å². The number of rotatable bonds is 5. The van der Waals surface area contributed by atoms with Crippen LogP contribution >= 0.6 is 0 Å². The summed E-state index contributed by atoms with van der Waals surface area (Å²) in [5, 5.41) is 4.86. The molecule has 8 heteroatoms. The molecule has 0 atom stereocenters. The molecule has 3 amide bonds. The second-order valence-corrected chi connectivity index (χ2v) is 6.06. The summed E-state index contributed by atoms with van der Waals surface area (Å²) < 4.78 is 15.3. The van der Waals surface area contributed by atoms with E-state index in [1.807, 2.05) is 0 Å². The lowest BCUT2D eigenvalue weighted by Crippen LogP contribution is -2.44. The maximum atomic E-state index is 11.7. The van der Waals surface area contributed by atoms with Gasteiger partial charge in [0.15, 0.2) is 18.1 Å². The average Bonchev–Trinajstić information content (AvgIpc) is 3.29. The maximum absolute atomic E-state index is 11.7. The van der Waals surface area contributed by atoms with Gasteiger partial charge in [0, 0.05) is 12.1 Å². The van der Waals surface area contributed by atoms with Crippen molar-refractivity contribution >= 4 is 24.0 Å². The van der Waals surface area contributed by atoms with E-state index in [0.29, 0.717) is 11.5 Å². The average molecular weight is 360 g/mol. The predicted molar refractivity (Wildman–Crippen MR) is 91.5 cm³/mol. The number of carbonyl (C=O) groups excluding carboxylic acids is 3. The molecule has 1 aromatic carbocycles. The summed E-state index contributed by atoms with van der Waals surface area (Å²) in [6, 6.07) is 4.77. The Bertz CT molecular complexity index is 724. The van der Waals surface area contributed by atoms with Crippen LogP contribution in [0.2, 0.25) is 0 Å². The van der Waals surface area contributed by atoms with Gasteiger partial charge in [-0.15, -0.1) is 0 Å². The number of esters is 1. The molecule has 3 rings (SSSR count). The molecule has 138 valence electrons. The van der Waals surface area contributed by atoms with Crippen molar-refractivity contribution in [3.8, 4) is 11.5 Å². The van der Waals surface area contributed by atoms with E-state index >= 15 is 0 Å². The van der Waals surface area contributed by atoms with Gasteiger partial charge in [0.2, 0.25) is 6.79 Å². The van der Waals surface area contributed by atoms with E-state index in [1.54, 1.807) is 18.2 Å². The molecule has 2 N–H and O–H groups in total. The lowest BCUT2D eigenvalue weighted by atomic mass is 10.2. The van der Waals surface area contributed by atoms with Crippen molar-refractivity contribution in [3.05, 3.63) is 29.8 Å². The third-order valence-corrected chi connectivity index (χ3v) is 4.10. The first kappa shape index (κ1) is 17.8. The summed E-state index contributed by atoms with van der Waals surface area (Å²) in [5.41, 5.74) is 0.728. The number of imide groups is 1. The van der Waals surface area contributed by atoms with Gasteiger partial charge < -0.3 is 19.5 Å². The van der Waals surface area contributed by atoms with Gasteiger partial charge in [-0.3, -0.25) is 10.1 Å². The van der Waals surface area contributed by atoms with Crippen LogP contribution in [0.15, 0.2) is 24.3 Å². The van der Waals surface area contributed by atoms with Crippen LogP contribution in [0.1, 0.15) is 31.2 Å². The third kappa shape index (κ3) is 4.98. The van der Waals surface area contributed by atoms with E-state index < -0.39 is 24.5 Å². The standard InChI is InChI=1S/C18H20N2O6/c21-16(20-18(23)19-13-3-1-2-4-13)10-24-17(22)8-6-12-5-7-14-15(9-12)26-11-25-14/h5-9,13H,1-4,10-11H2,(H2,19,20,21,23). The Hall–Kier alpha value is -3.03. The van der Waals surface area contributed by atoms with Gasteiger partial charge in [-0.05, 0) is 36.6 Å². The summed E-state index contributed by atoms with van der Waals surface area (Å²) >= 11 is 0. The van der Waals surface area contributed by atoms with Gasteiger partial charge >= 0.3 is 12.0 Å². The number of benzene rings is 1. The van der Waals surface area contributed by atoms with Crippen molar-refractivity contribution in [2.45, 2.75) is 31.7 Å². The monoisotopic (exact) mass is 360 g/mol.